The van der Waals surface area contributed by atoms with E-state index in [0.717, 1.165) is 0 Å². The van der Waals surface area contributed by atoms with E-state index < -0.39 is 32.2 Å². The molecule has 0 saturated carbocycles. The first-order valence-electron chi connectivity index (χ1n) is 5.45. The number of halogens is 1. The maximum absolute atomic E-state index is 12.1. The summed E-state index contributed by atoms with van der Waals surface area (Å²) in [5.41, 5.74) is -3.07. The summed E-state index contributed by atoms with van der Waals surface area (Å²) in [6.07, 6.45) is 0.712. The second-order valence-corrected chi connectivity index (χ2v) is 6.14. The largest absolute Gasteiger partial charge is 0.366 e. The molecule has 0 N–H and O–H groups in total. The molecule has 0 amide bonds. The van der Waals surface area contributed by atoms with Gasteiger partial charge in [-0.25, -0.2) is 17.8 Å². The van der Waals surface area contributed by atoms with Crippen LogP contribution in [0.25, 0.3) is 5.69 Å². The molecule has 1 aromatic heterocycles. The summed E-state index contributed by atoms with van der Waals surface area (Å²) >= 11 is 5.22. The van der Waals surface area contributed by atoms with Gasteiger partial charge in [-0.2, -0.15) is 0 Å². The van der Waals surface area contributed by atoms with E-state index in [-0.39, 0.29) is 9.77 Å². The smallest absolute Gasteiger partial charge is 0.274 e. The van der Waals surface area contributed by atoms with Gasteiger partial charge in [0.1, 0.15) is 0 Å². The molecule has 2 rings (SSSR count). The van der Waals surface area contributed by atoms with E-state index in [4.69, 9.17) is 11.6 Å². The lowest BCUT2D eigenvalue weighted by Gasteiger charge is -2.08. The van der Waals surface area contributed by atoms with Crippen molar-refractivity contribution in [2.24, 2.45) is 0 Å². The Balaban J connectivity index is 3.01. The molecule has 0 aliphatic rings. The molecule has 0 unspecified atom stereocenters. The molecule has 2 aromatic rings. The van der Waals surface area contributed by atoms with Gasteiger partial charge in [-0.05, 0) is 23.7 Å². The van der Waals surface area contributed by atoms with Crippen LogP contribution in [-0.4, -0.2) is 33.7 Å². The fourth-order valence-electron chi connectivity index (χ4n) is 1.60. The SMILES string of the molecule is CS(=O)(=O)n1nc(C(=O)Cl)c(=O)n(-c2ccccc2)c1=O. The molecule has 0 bridgehead atoms. The highest BCUT2D eigenvalue weighted by Gasteiger charge is 2.22. The van der Waals surface area contributed by atoms with Crippen molar-refractivity contribution in [1.82, 2.24) is 13.8 Å². The summed E-state index contributed by atoms with van der Waals surface area (Å²) in [5.74, 6) is 0. The summed E-state index contributed by atoms with van der Waals surface area (Å²) in [6, 6.07) is 7.51. The van der Waals surface area contributed by atoms with Crippen LogP contribution < -0.4 is 11.2 Å². The van der Waals surface area contributed by atoms with E-state index >= 15 is 0 Å². The Morgan fingerprint density at radius 1 is 1.19 bits per heavy atom. The summed E-state index contributed by atoms with van der Waals surface area (Å²) in [7, 11) is -4.11. The number of carbonyl (C=O) groups excluding carboxylic acids is 1. The quantitative estimate of drug-likeness (QED) is 0.708. The first-order chi connectivity index (χ1) is 9.73. The van der Waals surface area contributed by atoms with Gasteiger partial charge in [0.2, 0.25) is 5.69 Å². The highest BCUT2D eigenvalue weighted by molar-refractivity contribution is 7.89. The summed E-state index contributed by atoms with van der Waals surface area (Å²) in [6.45, 7) is 0. The zero-order valence-corrected chi connectivity index (χ0v) is 12.1. The van der Waals surface area contributed by atoms with Gasteiger partial charge in [0.25, 0.3) is 20.8 Å². The second-order valence-electron chi connectivity index (χ2n) is 3.99. The van der Waals surface area contributed by atoms with Crippen molar-refractivity contribution in [2.45, 2.75) is 0 Å². The normalized spacial score (nSPS) is 11.3. The summed E-state index contributed by atoms with van der Waals surface area (Å²) < 4.78 is 23.7. The Kier molecular flexibility index (Phi) is 3.79. The van der Waals surface area contributed by atoms with Crippen molar-refractivity contribution in [3.63, 3.8) is 0 Å². The first kappa shape index (κ1) is 15.1. The summed E-state index contributed by atoms with van der Waals surface area (Å²) in [4.78, 5) is 35.5. The molecule has 8 nitrogen and oxygen atoms in total. The predicted molar refractivity (Wildman–Crippen MR) is 74.5 cm³/mol. The van der Waals surface area contributed by atoms with Crippen LogP contribution in [0, 0.1) is 0 Å². The second kappa shape index (κ2) is 5.26. The fraction of sp³-hybridized carbons (Fsp3) is 0.0909. The molecule has 0 spiro atoms. The van der Waals surface area contributed by atoms with Crippen molar-refractivity contribution in [3.8, 4) is 5.69 Å². The van der Waals surface area contributed by atoms with Crippen LogP contribution in [0.1, 0.15) is 10.5 Å². The lowest BCUT2D eigenvalue weighted by molar-refractivity contribution is 0.107. The van der Waals surface area contributed by atoms with Crippen molar-refractivity contribution < 1.29 is 13.2 Å². The number of para-hydroxylation sites is 1. The van der Waals surface area contributed by atoms with Gasteiger partial charge in [0.05, 0.1) is 11.9 Å². The van der Waals surface area contributed by atoms with Gasteiger partial charge in [0.15, 0.2) is 0 Å². The minimum atomic E-state index is -4.11. The highest BCUT2D eigenvalue weighted by Crippen LogP contribution is 2.02. The molecular weight excluding hydrogens is 322 g/mol. The maximum atomic E-state index is 12.1. The lowest BCUT2D eigenvalue weighted by atomic mass is 10.3. The van der Waals surface area contributed by atoms with Crippen molar-refractivity contribution in [2.75, 3.05) is 6.26 Å². The Morgan fingerprint density at radius 2 is 1.76 bits per heavy atom. The van der Waals surface area contributed by atoms with Gasteiger partial charge < -0.3 is 0 Å². The average Bonchev–Trinajstić information content (AvgIpc) is 2.38. The molecule has 0 aliphatic heterocycles. The standard InChI is InChI=1S/C11H8ClN3O5S/c1-21(19,20)15-11(18)14(7-5-3-2-4-6-7)10(17)8(13-15)9(12)16/h2-6H,1H3. The monoisotopic (exact) mass is 329 g/mol. The van der Waals surface area contributed by atoms with Crippen LogP contribution in [0.2, 0.25) is 0 Å². The third-order valence-corrected chi connectivity index (χ3v) is 3.51. The minimum Gasteiger partial charge on any atom is -0.274 e. The van der Waals surface area contributed by atoms with Crippen LogP contribution in [0.3, 0.4) is 0 Å². The van der Waals surface area contributed by atoms with Crippen LogP contribution >= 0.6 is 11.6 Å². The molecule has 1 heterocycles. The van der Waals surface area contributed by atoms with Crippen LogP contribution in [0.15, 0.2) is 39.9 Å². The van der Waals surface area contributed by atoms with Crippen LogP contribution in [0.5, 0.6) is 0 Å². The predicted octanol–water partition coefficient (Wildman–Crippen LogP) is -0.419. The summed E-state index contributed by atoms with van der Waals surface area (Å²) in [5, 5.41) is 1.97. The van der Waals surface area contributed by atoms with Crippen molar-refractivity contribution in [3.05, 3.63) is 56.9 Å². The molecule has 0 saturated heterocycles. The topological polar surface area (TPSA) is 108 Å². The molecule has 110 valence electrons. The van der Waals surface area contributed by atoms with E-state index in [1.807, 2.05) is 0 Å². The zero-order chi connectivity index (χ0) is 15.8. The van der Waals surface area contributed by atoms with E-state index in [2.05, 4.69) is 5.10 Å². The molecule has 1 aromatic carbocycles. The number of hydrogen-bond donors (Lipinski definition) is 0. The number of nitrogens with zero attached hydrogens (tertiary/aromatic N) is 3. The van der Waals surface area contributed by atoms with E-state index in [9.17, 15) is 22.8 Å². The molecular formula is C11H8ClN3O5S. The molecule has 10 heteroatoms. The van der Waals surface area contributed by atoms with E-state index in [0.29, 0.717) is 10.8 Å². The van der Waals surface area contributed by atoms with Gasteiger partial charge >= 0.3 is 5.69 Å². The van der Waals surface area contributed by atoms with Crippen molar-refractivity contribution in [1.29, 1.82) is 0 Å². The third kappa shape index (κ3) is 2.78. The van der Waals surface area contributed by atoms with Gasteiger partial charge in [-0.15, -0.1) is 9.19 Å². The first-order valence-corrected chi connectivity index (χ1v) is 7.68. The van der Waals surface area contributed by atoms with Crippen LogP contribution in [-0.2, 0) is 10.0 Å². The lowest BCUT2D eigenvalue weighted by Crippen LogP contribution is -2.45. The molecule has 21 heavy (non-hydrogen) atoms. The number of carbonyl (C=O) groups is 1. The highest BCUT2D eigenvalue weighted by atomic mass is 35.5. The maximum Gasteiger partial charge on any atom is 0.366 e. The number of rotatable bonds is 3. The average molecular weight is 330 g/mol. The van der Waals surface area contributed by atoms with E-state index in [1.54, 1.807) is 6.07 Å². The molecule has 0 radical (unpaired) electrons. The van der Waals surface area contributed by atoms with Crippen LogP contribution in [0.4, 0.5) is 0 Å². The van der Waals surface area contributed by atoms with Gasteiger partial charge in [-0.1, -0.05) is 18.2 Å². The number of hydrogen-bond acceptors (Lipinski definition) is 6. The van der Waals surface area contributed by atoms with Gasteiger partial charge in [0, 0.05) is 0 Å². The molecule has 0 aliphatic carbocycles. The Labute approximate surface area is 123 Å². The fourth-order valence-corrected chi connectivity index (χ4v) is 2.31. The molecule has 0 atom stereocenters. The van der Waals surface area contributed by atoms with E-state index in [1.165, 1.54) is 24.3 Å². The Morgan fingerprint density at radius 3 is 2.24 bits per heavy atom. The van der Waals surface area contributed by atoms with Gasteiger partial charge in [-0.3, -0.25) is 9.59 Å². The zero-order valence-electron chi connectivity index (χ0n) is 10.6. The molecule has 0 fully saturated rings. The number of benzene rings is 1. The third-order valence-electron chi connectivity index (χ3n) is 2.47. The number of aromatic nitrogens is 3. The Bertz CT molecular complexity index is 931. The minimum absolute atomic E-state index is 0.0526. The van der Waals surface area contributed by atoms with Crippen molar-refractivity contribution >= 4 is 26.9 Å². The Hall–Kier alpha value is -2.26.